The number of ether oxygens (including phenoxy) is 2. The highest BCUT2D eigenvalue weighted by atomic mass is 79.9. The Morgan fingerprint density at radius 3 is 1.79 bits per heavy atom. The number of halogens is 1. The number of carbonyl (C=O) groups excluding carboxylic acids is 2. The van der Waals surface area contributed by atoms with Gasteiger partial charge in [-0.25, -0.2) is 14.6 Å². The molecule has 1 aromatic heterocycles. The summed E-state index contributed by atoms with van der Waals surface area (Å²) in [5.74, 6) is 3.62. The van der Waals surface area contributed by atoms with Crippen LogP contribution in [0.5, 0.6) is 0 Å². The Balaban J connectivity index is 2.72. The van der Waals surface area contributed by atoms with Crippen molar-refractivity contribution >= 4 is 52.8 Å². The molecule has 0 saturated carbocycles. The molecule has 0 atom stereocenters. The number of aromatic nitrogens is 1. The van der Waals surface area contributed by atoms with Crippen molar-refractivity contribution in [1.29, 1.82) is 0 Å². The molecule has 1 aromatic carbocycles. The Bertz CT molecular complexity index is 1200. The molecule has 2 aromatic rings. The molecule has 0 bridgehead atoms. The maximum Gasteiger partial charge on any atom is 0.425 e. The molecular weight excluding hydrogens is 560 g/mol. The maximum atomic E-state index is 13.1. The first-order valence-electron chi connectivity index (χ1n) is 13.2. The SMILES string of the molecule is CC(C)[Si](C#Cc1cccc2cc(N(C(=O)OC(C)(C)C)C(=O)OC(C)(C)C)nc(Br)c12)(C(C)C)C(C)C. The molecule has 0 aliphatic heterocycles. The molecule has 0 radical (unpaired) electrons. The van der Waals surface area contributed by atoms with Crippen LogP contribution in [0.1, 0.15) is 88.6 Å². The number of benzene rings is 1. The van der Waals surface area contributed by atoms with E-state index < -0.39 is 31.5 Å². The zero-order chi connectivity index (χ0) is 29.2. The number of nitrogens with zero attached hydrogens (tertiary/aromatic N) is 2. The number of hydrogen-bond donors (Lipinski definition) is 0. The average Bonchev–Trinajstić information content (AvgIpc) is 2.70. The topological polar surface area (TPSA) is 68.7 Å². The number of pyridine rings is 1. The predicted octanol–water partition coefficient (Wildman–Crippen LogP) is 9.24. The molecule has 2 rings (SSSR count). The van der Waals surface area contributed by atoms with E-state index in [0.717, 1.165) is 21.2 Å². The normalized spacial score (nSPS) is 12.5. The van der Waals surface area contributed by atoms with Crippen LogP contribution in [0.3, 0.4) is 0 Å². The quantitative estimate of drug-likeness (QED) is 0.198. The van der Waals surface area contributed by atoms with Crippen molar-refractivity contribution in [2.24, 2.45) is 0 Å². The van der Waals surface area contributed by atoms with E-state index in [9.17, 15) is 9.59 Å². The monoisotopic (exact) mass is 602 g/mol. The average molecular weight is 604 g/mol. The van der Waals surface area contributed by atoms with Crippen molar-refractivity contribution in [2.45, 2.75) is 111 Å². The fraction of sp³-hybridized carbons (Fsp3) is 0.567. The number of amides is 2. The van der Waals surface area contributed by atoms with Gasteiger partial charge >= 0.3 is 12.2 Å². The van der Waals surface area contributed by atoms with E-state index >= 15 is 0 Å². The van der Waals surface area contributed by atoms with Gasteiger partial charge in [-0.05, 0) is 91.6 Å². The Morgan fingerprint density at radius 2 is 1.37 bits per heavy atom. The largest absolute Gasteiger partial charge is 0.443 e. The number of anilines is 1. The van der Waals surface area contributed by atoms with Crippen molar-refractivity contribution in [2.75, 3.05) is 4.90 Å². The van der Waals surface area contributed by atoms with Crippen LogP contribution in [-0.4, -0.2) is 36.4 Å². The van der Waals surface area contributed by atoms with E-state index in [2.05, 4.69) is 73.9 Å². The van der Waals surface area contributed by atoms with Crippen LogP contribution in [0.15, 0.2) is 28.9 Å². The number of hydrogen-bond acceptors (Lipinski definition) is 5. The first kappa shape index (κ1) is 31.8. The highest BCUT2D eigenvalue weighted by Gasteiger charge is 2.41. The summed E-state index contributed by atoms with van der Waals surface area (Å²) in [6.07, 6.45) is -1.72. The zero-order valence-corrected chi connectivity index (χ0v) is 27.5. The molecule has 0 aliphatic carbocycles. The summed E-state index contributed by atoms with van der Waals surface area (Å²) in [6, 6.07) is 7.52. The van der Waals surface area contributed by atoms with Gasteiger partial charge in [-0.2, -0.15) is 4.90 Å². The number of rotatable bonds is 4. The van der Waals surface area contributed by atoms with E-state index in [-0.39, 0.29) is 5.82 Å². The molecule has 0 unspecified atom stereocenters. The fourth-order valence-electron chi connectivity index (χ4n) is 4.95. The van der Waals surface area contributed by atoms with Crippen molar-refractivity contribution in [1.82, 2.24) is 4.98 Å². The molecule has 0 spiro atoms. The van der Waals surface area contributed by atoms with Crippen LogP contribution >= 0.6 is 15.9 Å². The lowest BCUT2D eigenvalue weighted by Crippen LogP contribution is -2.44. The van der Waals surface area contributed by atoms with E-state index in [4.69, 9.17) is 9.47 Å². The number of fused-ring (bicyclic) bond motifs is 1. The van der Waals surface area contributed by atoms with Crippen molar-refractivity contribution in [3.63, 3.8) is 0 Å². The minimum atomic E-state index is -1.95. The van der Waals surface area contributed by atoms with E-state index in [1.165, 1.54) is 0 Å². The summed E-state index contributed by atoms with van der Waals surface area (Å²) >= 11 is 3.60. The zero-order valence-electron chi connectivity index (χ0n) is 24.9. The lowest BCUT2D eigenvalue weighted by atomic mass is 10.1. The highest BCUT2D eigenvalue weighted by Crippen LogP contribution is 2.41. The smallest absolute Gasteiger partial charge is 0.425 e. The van der Waals surface area contributed by atoms with E-state index in [1.54, 1.807) is 47.6 Å². The van der Waals surface area contributed by atoms with E-state index in [0.29, 0.717) is 21.2 Å². The standard InChI is InChI=1S/C30H43BrN2O4Si/c1-19(2)38(20(3)4,21(5)6)17-16-22-14-13-15-23-18-24(32-26(31)25(22)23)33(27(34)36-29(7,8)9)28(35)37-30(10,11)12/h13-15,18-21H,1-12H3. The molecule has 208 valence electrons. The summed E-state index contributed by atoms with van der Waals surface area (Å²) in [4.78, 5) is 31.7. The molecule has 8 heteroatoms. The Labute approximate surface area is 238 Å². The third-order valence-electron chi connectivity index (χ3n) is 6.46. The second-order valence-corrected chi connectivity index (χ2v) is 18.9. The van der Waals surface area contributed by atoms with Crippen molar-refractivity contribution < 1.29 is 19.1 Å². The van der Waals surface area contributed by atoms with Crippen LogP contribution < -0.4 is 4.90 Å². The molecule has 0 N–H and O–H groups in total. The molecule has 38 heavy (non-hydrogen) atoms. The minimum Gasteiger partial charge on any atom is -0.443 e. The Kier molecular flexibility index (Phi) is 9.88. The van der Waals surface area contributed by atoms with Gasteiger partial charge in [-0.1, -0.05) is 59.6 Å². The van der Waals surface area contributed by atoms with Gasteiger partial charge in [0, 0.05) is 10.9 Å². The lowest BCUT2D eigenvalue weighted by molar-refractivity contribution is 0.0429. The summed E-state index contributed by atoms with van der Waals surface area (Å²) in [6.45, 7) is 24.2. The molecule has 0 saturated heterocycles. The van der Waals surface area contributed by atoms with Gasteiger partial charge in [-0.3, -0.25) is 0 Å². The van der Waals surface area contributed by atoms with Crippen LogP contribution in [0.25, 0.3) is 10.8 Å². The van der Waals surface area contributed by atoms with Crippen LogP contribution in [-0.2, 0) is 9.47 Å². The van der Waals surface area contributed by atoms with Gasteiger partial charge < -0.3 is 9.47 Å². The van der Waals surface area contributed by atoms with Crippen LogP contribution in [0.4, 0.5) is 15.4 Å². The summed E-state index contributed by atoms with van der Waals surface area (Å²) < 4.78 is 11.5. The summed E-state index contributed by atoms with van der Waals surface area (Å²) in [7, 11) is -1.95. The minimum absolute atomic E-state index is 0.105. The maximum absolute atomic E-state index is 13.1. The van der Waals surface area contributed by atoms with Crippen LogP contribution in [0.2, 0.25) is 16.6 Å². The predicted molar refractivity (Wildman–Crippen MR) is 162 cm³/mol. The highest BCUT2D eigenvalue weighted by molar-refractivity contribution is 9.10. The fourth-order valence-corrected chi connectivity index (χ4v) is 10.8. The Morgan fingerprint density at radius 1 is 0.895 bits per heavy atom. The van der Waals surface area contributed by atoms with Crippen molar-refractivity contribution in [3.8, 4) is 11.5 Å². The van der Waals surface area contributed by atoms with Crippen molar-refractivity contribution in [3.05, 3.63) is 34.4 Å². The summed E-state index contributed by atoms with van der Waals surface area (Å²) in [5.41, 5.74) is 4.53. The van der Waals surface area contributed by atoms with E-state index in [1.807, 2.05) is 18.2 Å². The summed E-state index contributed by atoms with van der Waals surface area (Å²) in [5, 5.41) is 1.62. The molecular formula is C30H43BrN2O4Si. The lowest BCUT2D eigenvalue weighted by Gasteiger charge is -2.38. The third-order valence-corrected chi connectivity index (χ3v) is 13.3. The molecule has 0 aliphatic rings. The number of imide groups is 1. The van der Waals surface area contributed by atoms with Crippen LogP contribution in [0, 0.1) is 11.5 Å². The molecule has 6 nitrogen and oxygen atoms in total. The number of carbonyl (C=O) groups is 2. The van der Waals surface area contributed by atoms with Gasteiger partial charge in [0.15, 0.2) is 5.82 Å². The van der Waals surface area contributed by atoms with Gasteiger partial charge in [0.2, 0.25) is 0 Å². The van der Waals surface area contributed by atoms with Gasteiger partial charge in [0.25, 0.3) is 0 Å². The molecule has 0 fully saturated rings. The van der Waals surface area contributed by atoms with Gasteiger partial charge in [0.05, 0.1) is 0 Å². The molecule has 2 amide bonds. The van der Waals surface area contributed by atoms with Gasteiger partial charge in [-0.15, -0.1) is 5.54 Å². The second-order valence-electron chi connectivity index (χ2n) is 12.6. The third kappa shape index (κ3) is 7.38. The first-order valence-corrected chi connectivity index (χ1v) is 16.2. The second kappa shape index (κ2) is 11.8. The molecule has 1 heterocycles. The van der Waals surface area contributed by atoms with Gasteiger partial charge in [0.1, 0.15) is 23.9 Å². The Hall–Kier alpha value is -2.37. The first-order chi connectivity index (χ1) is 17.3.